The molecule has 0 bridgehead atoms. The molecule has 1 heterocycles. The maximum absolute atomic E-state index is 13.2. The van der Waals surface area contributed by atoms with Gasteiger partial charge in [0.2, 0.25) is 0 Å². The highest BCUT2D eigenvalue weighted by atomic mass is 35.5. The van der Waals surface area contributed by atoms with E-state index in [0.29, 0.717) is 32.4 Å². The number of rotatable bonds is 8. The highest BCUT2D eigenvalue weighted by Crippen LogP contribution is 2.35. The van der Waals surface area contributed by atoms with E-state index in [0.717, 1.165) is 5.56 Å². The number of hydrogen-bond acceptors (Lipinski definition) is 6. The first-order valence-corrected chi connectivity index (χ1v) is 12.6. The van der Waals surface area contributed by atoms with Crippen LogP contribution in [0, 0.1) is 22.6 Å². The highest BCUT2D eigenvalue weighted by Gasteiger charge is 2.36. The third-order valence-electron chi connectivity index (χ3n) is 6.12. The monoisotopic (exact) mass is 543 g/mol. The van der Waals surface area contributed by atoms with Gasteiger partial charge in [-0.25, -0.2) is 4.39 Å². The molecular formula is C28H31ClFN3O5. The predicted molar refractivity (Wildman–Crippen MR) is 139 cm³/mol. The number of piperidine rings is 1. The number of esters is 1. The van der Waals surface area contributed by atoms with Crippen LogP contribution in [-0.4, -0.2) is 54.5 Å². The van der Waals surface area contributed by atoms with Crippen molar-refractivity contribution in [3.63, 3.8) is 0 Å². The van der Waals surface area contributed by atoms with Gasteiger partial charge in [-0.15, -0.1) is 0 Å². The van der Waals surface area contributed by atoms with Crippen LogP contribution in [-0.2, 0) is 20.7 Å². The van der Waals surface area contributed by atoms with Crippen LogP contribution in [0.15, 0.2) is 42.5 Å². The summed E-state index contributed by atoms with van der Waals surface area (Å²) in [5.41, 5.74) is -0.369. The maximum Gasteiger partial charge on any atom is 0.325 e. The van der Waals surface area contributed by atoms with E-state index in [1.165, 1.54) is 30.3 Å². The second-order valence-corrected chi connectivity index (χ2v) is 10.7. The Morgan fingerprint density at radius 2 is 1.79 bits per heavy atom. The lowest BCUT2D eigenvalue weighted by Crippen LogP contribution is -2.45. The molecule has 0 atom stereocenters. The summed E-state index contributed by atoms with van der Waals surface area (Å²) in [7, 11) is 0. The normalized spacial score (nSPS) is 14.8. The number of hydrogen-bond donors (Lipinski definition) is 1. The zero-order chi connectivity index (χ0) is 27.9. The molecule has 2 aromatic rings. The first kappa shape index (κ1) is 28.9. The lowest BCUT2D eigenvalue weighted by Gasteiger charge is -2.37. The Bertz CT molecular complexity index is 1210. The number of ether oxygens (including phenoxy) is 2. The topological polar surface area (TPSA) is 109 Å². The molecule has 1 aliphatic heterocycles. The molecule has 1 saturated heterocycles. The summed E-state index contributed by atoms with van der Waals surface area (Å²) < 4.78 is 24.1. The Kier molecular flexibility index (Phi) is 9.34. The fourth-order valence-electron chi connectivity index (χ4n) is 4.17. The van der Waals surface area contributed by atoms with Gasteiger partial charge in [0.05, 0.1) is 17.0 Å². The fraction of sp³-hybridized carbons (Fsp3) is 0.429. The van der Waals surface area contributed by atoms with Crippen molar-refractivity contribution >= 4 is 29.4 Å². The van der Waals surface area contributed by atoms with Gasteiger partial charge >= 0.3 is 5.97 Å². The van der Waals surface area contributed by atoms with Crippen LogP contribution < -0.4 is 10.1 Å². The number of nitriles is 1. The van der Waals surface area contributed by atoms with Crippen LogP contribution in [0.4, 0.5) is 4.39 Å². The zero-order valence-electron chi connectivity index (χ0n) is 21.7. The number of nitrogens with one attached hydrogen (secondary N) is 1. The Labute approximate surface area is 226 Å². The molecule has 8 nitrogen and oxygen atoms in total. The van der Waals surface area contributed by atoms with Crippen molar-refractivity contribution in [1.82, 2.24) is 10.2 Å². The average Bonchev–Trinajstić information content (AvgIpc) is 2.87. The molecule has 0 aromatic heterocycles. The molecule has 1 fully saturated rings. The second kappa shape index (κ2) is 12.3. The minimum atomic E-state index is -0.686. The minimum absolute atomic E-state index is 0.0790. The summed E-state index contributed by atoms with van der Waals surface area (Å²) in [5, 5.41) is 12.6. The van der Waals surface area contributed by atoms with Crippen molar-refractivity contribution in [2.45, 2.75) is 45.6 Å². The van der Waals surface area contributed by atoms with E-state index in [1.54, 1.807) is 37.8 Å². The van der Waals surface area contributed by atoms with E-state index in [-0.39, 0.29) is 41.2 Å². The van der Waals surface area contributed by atoms with Crippen molar-refractivity contribution in [3.05, 3.63) is 64.4 Å². The zero-order valence-corrected chi connectivity index (χ0v) is 22.4. The van der Waals surface area contributed by atoms with Gasteiger partial charge in [-0.2, -0.15) is 5.26 Å². The number of carbonyl (C=O) groups is 3. The van der Waals surface area contributed by atoms with Crippen molar-refractivity contribution in [3.8, 4) is 11.8 Å². The number of benzene rings is 2. The second-order valence-electron chi connectivity index (χ2n) is 10.3. The number of nitrogens with zero attached hydrogens (tertiary/aromatic N) is 2. The summed E-state index contributed by atoms with van der Waals surface area (Å²) in [5.74, 6) is -1.66. The summed E-state index contributed by atoms with van der Waals surface area (Å²) in [6.45, 7) is 5.27. The van der Waals surface area contributed by atoms with E-state index in [9.17, 15) is 24.0 Å². The molecule has 1 aliphatic rings. The van der Waals surface area contributed by atoms with E-state index in [1.807, 2.05) is 0 Å². The van der Waals surface area contributed by atoms with E-state index in [4.69, 9.17) is 21.1 Å². The molecule has 2 amide bonds. The van der Waals surface area contributed by atoms with Crippen LogP contribution in [0.25, 0.3) is 0 Å². The lowest BCUT2D eigenvalue weighted by atomic mass is 9.75. The molecule has 38 heavy (non-hydrogen) atoms. The maximum atomic E-state index is 13.2. The van der Waals surface area contributed by atoms with Gasteiger partial charge in [0.25, 0.3) is 11.8 Å². The highest BCUT2D eigenvalue weighted by molar-refractivity contribution is 6.31. The van der Waals surface area contributed by atoms with Crippen molar-refractivity contribution < 1.29 is 28.2 Å². The first-order chi connectivity index (χ1) is 17.9. The smallest absolute Gasteiger partial charge is 0.325 e. The molecule has 3 rings (SSSR count). The molecule has 2 aromatic carbocycles. The Morgan fingerprint density at radius 1 is 1.13 bits per heavy atom. The third kappa shape index (κ3) is 8.18. The molecule has 1 N–H and O–H groups in total. The Hall–Kier alpha value is -3.64. The van der Waals surface area contributed by atoms with Crippen molar-refractivity contribution in [1.29, 1.82) is 5.26 Å². The molecule has 0 spiro atoms. The number of halogens is 2. The Morgan fingerprint density at radius 3 is 2.39 bits per heavy atom. The average molecular weight is 544 g/mol. The van der Waals surface area contributed by atoms with Gasteiger partial charge in [0, 0.05) is 18.1 Å². The van der Waals surface area contributed by atoms with Crippen molar-refractivity contribution in [2.24, 2.45) is 5.41 Å². The Balaban J connectivity index is 1.56. The first-order valence-electron chi connectivity index (χ1n) is 12.3. The van der Waals surface area contributed by atoms with Crippen LogP contribution in [0.2, 0.25) is 5.02 Å². The third-order valence-corrected chi connectivity index (χ3v) is 6.35. The number of carbonyl (C=O) groups excluding carboxylic acids is 3. The molecule has 0 saturated carbocycles. The van der Waals surface area contributed by atoms with Gasteiger partial charge in [0.1, 0.15) is 23.7 Å². The quantitative estimate of drug-likeness (QED) is 0.497. The molecule has 0 aliphatic carbocycles. The van der Waals surface area contributed by atoms with E-state index >= 15 is 0 Å². The summed E-state index contributed by atoms with van der Waals surface area (Å²) in [4.78, 5) is 39.1. The minimum Gasteiger partial charge on any atom is -0.483 e. The SMILES string of the molecule is CC(C)(C)OC(=O)CNC(=O)c1cc(Cl)ccc1OCC(=O)N1CCC(C#N)(Cc2ccc(F)cc2)CC1. The van der Waals surface area contributed by atoms with Gasteiger partial charge in [-0.3, -0.25) is 14.4 Å². The summed E-state index contributed by atoms with van der Waals surface area (Å²) in [6, 6.07) is 12.9. The molecule has 0 unspecified atom stereocenters. The number of likely N-dealkylation sites (tertiary alicyclic amines) is 1. The van der Waals surface area contributed by atoms with Gasteiger partial charge in [-0.05, 0) is 75.9 Å². The molecule has 10 heteroatoms. The molecule has 202 valence electrons. The predicted octanol–water partition coefficient (Wildman–Crippen LogP) is 4.30. The molecule has 0 radical (unpaired) electrons. The fourth-order valence-corrected chi connectivity index (χ4v) is 4.34. The summed E-state index contributed by atoms with van der Waals surface area (Å²) >= 11 is 6.05. The lowest BCUT2D eigenvalue weighted by molar-refractivity contribution is -0.153. The van der Waals surface area contributed by atoms with Crippen LogP contribution in [0.5, 0.6) is 5.75 Å². The van der Waals surface area contributed by atoms with Crippen LogP contribution in [0.3, 0.4) is 0 Å². The molecular weight excluding hydrogens is 513 g/mol. The largest absolute Gasteiger partial charge is 0.483 e. The van der Waals surface area contributed by atoms with Crippen molar-refractivity contribution in [2.75, 3.05) is 26.2 Å². The summed E-state index contributed by atoms with van der Waals surface area (Å²) in [6.07, 6.45) is 1.44. The van der Waals surface area contributed by atoms with Gasteiger partial charge in [-0.1, -0.05) is 23.7 Å². The standard InChI is InChI=1S/C28H31ClFN3O5/c1-27(2,3)38-25(35)16-32-26(36)22-14-20(29)6-9-23(22)37-17-24(34)33-12-10-28(18-31,11-13-33)15-19-4-7-21(30)8-5-19/h4-9,14H,10-13,15-17H2,1-3H3,(H,32,36). The van der Waals surface area contributed by atoms with Gasteiger partial charge in [0.15, 0.2) is 6.61 Å². The van der Waals surface area contributed by atoms with Crippen LogP contribution >= 0.6 is 11.6 Å². The van der Waals surface area contributed by atoms with Gasteiger partial charge < -0.3 is 19.7 Å². The van der Waals surface area contributed by atoms with Crippen LogP contribution in [0.1, 0.15) is 49.5 Å². The van der Waals surface area contributed by atoms with E-state index < -0.39 is 22.9 Å². The number of amides is 2. The van der Waals surface area contributed by atoms with E-state index in [2.05, 4.69) is 11.4 Å².